The van der Waals surface area contributed by atoms with Crippen LogP contribution in [0.3, 0.4) is 0 Å². The summed E-state index contributed by atoms with van der Waals surface area (Å²) in [4.78, 5) is 0. The zero-order valence-electron chi connectivity index (χ0n) is 12.6. The SMILES string of the molecule is C#CCOc1ccc(Br)cc1CNCCCNS(=O)(=O)CC. The highest BCUT2D eigenvalue weighted by atomic mass is 79.9. The lowest BCUT2D eigenvalue weighted by molar-refractivity contribution is 0.364. The van der Waals surface area contributed by atoms with E-state index in [1.165, 1.54) is 0 Å². The number of nitrogens with one attached hydrogen (secondary N) is 2. The minimum atomic E-state index is -3.10. The third-order valence-electron chi connectivity index (χ3n) is 2.88. The molecule has 2 N–H and O–H groups in total. The number of hydrogen-bond acceptors (Lipinski definition) is 4. The van der Waals surface area contributed by atoms with Gasteiger partial charge in [0.05, 0.1) is 5.75 Å². The maximum Gasteiger partial charge on any atom is 0.211 e. The molecule has 22 heavy (non-hydrogen) atoms. The number of halogens is 1. The third kappa shape index (κ3) is 7.27. The molecule has 0 saturated carbocycles. The number of benzene rings is 1. The van der Waals surface area contributed by atoms with Gasteiger partial charge in [0.15, 0.2) is 0 Å². The molecule has 0 unspecified atom stereocenters. The first-order valence-corrected chi connectivity index (χ1v) is 9.45. The zero-order valence-corrected chi connectivity index (χ0v) is 15.0. The van der Waals surface area contributed by atoms with Crippen molar-refractivity contribution in [3.05, 3.63) is 28.2 Å². The first-order valence-electron chi connectivity index (χ1n) is 7.01. The minimum absolute atomic E-state index is 0.106. The molecule has 0 aliphatic heterocycles. The van der Waals surface area contributed by atoms with Crippen LogP contribution in [0.25, 0.3) is 0 Å². The molecule has 122 valence electrons. The van der Waals surface area contributed by atoms with E-state index in [0.29, 0.717) is 26.1 Å². The van der Waals surface area contributed by atoms with Crippen molar-refractivity contribution in [2.24, 2.45) is 0 Å². The summed E-state index contributed by atoms with van der Waals surface area (Å²) in [5.74, 6) is 3.30. The van der Waals surface area contributed by atoms with Crippen LogP contribution in [0.5, 0.6) is 5.75 Å². The maximum absolute atomic E-state index is 11.3. The second kappa shape index (κ2) is 9.85. The van der Waals surface area contributed by atoms with E-state index in [-0.39, 0.29) is 12.4 Å². The van der Waals surface area contributed by atoms with E-state index in [1.54, 1.807) is 6.92 Å². The first-order chi connectivity index (χ1) is 10.5. The standard InChI is InChI=1S/C15H21BrN2O3S/c1-3-10-21-15-7-6-14(16)11-13(15)12-17-8-5-9-18-22(19,20)4-2/h1,6-7,11,17-18H,4-5,8-10,12H2,2H3. The Balaban J connectivity index is 2.38. The van der Waals surface area contributed by atoms with Gasteiger partial charge in [-0.25, -0.2) is 13.1 Å². The van der Waals surface area contributed by atoms with Crippen LogP contribution in [0, 0.1) is 12.3 Å². The summed E-state index contributed by atoms with van der Waals surface area (Å²) < 4.78 is 31.5. The van der Waals surface area contributed by atoms with E-state index in [4.69, 9.17) is 11.2 Å². The van der Waals surface area contributed by atoms with Crippen LogP contribution in [-0.2, 0) is 16.6 Å². The summed E-state index contributed by atoms with van der Waals surface area (Å²) in [5, 5.41) is 3.26. The fourth-order valence-corrected chi connectivity index (χ4v) is 2.78. The summed E-state index contributed by atoms with van der Waals surface area (Å²) in [7, 11) is -3.10. The van der Waals surface area contributed by atoms with Crippen LogP contribution in [0.15, 0.2) is 22.7 Å². The Morgan fingerprint density at radius 2 is 2.14 bits per heavy atom. The van der Waals surface area contributed by atoms with Gasteiger partial charge < -0.3 is 10.1 Å². The van der Waals surface area contributed by atoms with Gasteiger partial charge in [-0.3, -0.25) is 0 Å². The Morgan fingerprint density at radius 1 is 1.36 bits per heavy atom. The van der Waals surface area contributed by atoms with Gasteiger partial charge in [-0.05, 0) is 38.1 Å². The summed E-state index contributed by atoms with van der Waals surface area (Å²) in [6, 6.07) is 5.74. The molecule has 0 amide bonds. The van der Waals surface area contributed by atoms with Crippen LogP contribution >= 0.6 is 15.9 Å². The Kier molecular flexibility index (Phi) is 8.49. The molecular formula is C15H21BrN2O3S. The topological polar surface area (TPSA) is 67.4 Å². The average molecular weight is 389 g/mol. The fourth-order valence-electron chi connectivity index (χ4n) is 1.71. The molecule has 0 aromatic heterocycles. The molecule has 0 saturated heterocycles. The van der Waals surface area contributed by atoms with Crippen molar-refractivity contribution in [3.63, 3.8) is 0 Å². The molecule has 0 radical (unpaired) electrons. The van der Waals surface area contributed by atoms with Gasteiger partial charge in [0, 0.05) is 23.1 Å². The van der Waals surface area contributed by atoms with Crippen LogP contribution in [-0.4, -0.2) is 33.9 Å². The van der Waals surface area contributed by atoms with Gasteiger partial charge in [-0.2, -0.15) is 0 Å². The van der Waals surface area contributed by atoms with Crippen molar-refractivity contribution >= 4 is 26.0 Å². The smallest absolute Gasteiger partial charge is 0.211 e. The third-order valence-corrected chi connectivity index (χ3v) is 4.78. The Labute approximate surface area is 141 Å². The largest absolute Gasteiger partial charge is 0.481 e. The van der Waals surface area contributed by atoms with Crippen LogP contribution < -0.4 is 14.8 Å². The zero-order chi connectivity index (χ0) is 16.4. The molecule has 5 nitrogen and oxygen atoms in total. The molecule has 7 heteroatoms. The molecule has 0 aliphatic rings. The monoisotopic (exact) mass is 388 g/mol. The van der Waals surface area contributed by atoms with Crippen LogP contribution in [0.1, 0.15) is 18.9 Å². The maximum atomic E-state index is 11.3. The van der Waals surface area contributed by atoms with E-state index in [1.807, 2.05) is 18.2 Å². The van der Waals surface area contributed by atoms with Crippen molar-refractivity contribution in [2.75, 3.05) is 25.4 Å². The fraction of sp³-hybridized carbons (Fsp3) is 0.467. The Morgan fingerprint density at radius 3 is 2.82 bits per heavy atom. The molecule has 0 spiro atoms. The highest BCUT2D eigenvalue weighted by molar-refractivity contribution is 9.10. The van der Waals surface area contributed by atoms with Crippen LogP contribution in [0.2, 0.25) is 0 Å². The number of terminal acetylenes is 1. The quantitative estimate of drug-likeness (QED) is 0.474. The summed E-state index contributed by atoms with van der Waals surface area (Å²) >= 11 is 3.43. The van der Waals surface area contributed by atoms with E-state index in [0.717, 1.165) is 15.8 Å². The lowest BCUT2D eigenvalue weighted by atomic mass is 10.2. The minimum Gasteiger partial charge on any atom is -0.481 e. The number of rotatable bonds is 10. The van der Waals surface area contributed by atoms with E-state index in [2.05, 4.69) is 31.9 Å². The molecule has 0 bridgehead atoms. The molecule has 0 aliphatic carbocycles. The van der Waals surface area contributed by atoms with E-state index in [9.17, 15) is 8.42 Å². The van der Waals surface area contributed by atoms with Gasteiger partial charge in [-0.1, -0.05) is 21.9 Å². The first kappa shape index (κ1) is 19.0. The summed E-state index contributed by atoms with van der Waals surface area (Å²) in [5.41, 5.74) is 0.999. The van der Waals surface area contributed by atoms with Gasteiger partial charge in [0.25, 0.3) is 0 Å². The lowest BCUT2D eigenvalue weighted by Crippen LogP contribution is -2.28. The Bertz CT molecular complexity index is 612. The van der Waals surface area contributed by atoms with Gasteiger partial charge in [0.2, 0.25) is 10.0 Å². The van der Waals surface area contributed by atoms with E-state index >= 15 is 0 Å². The van der Waals surface area contributed by atoms with Gasteiger partial charge in [0.1, 0.15) is 12.4 Å². The normalized spacial score (nSPS) is 11.1. The highest BCUT2D eigenvalue weighted by Gasteiger charge is 2.06. The predicted octanol–water partition coefficient (Wildman–Crippen LogP) is 1.88. The highest BCUT2D eigenvalue weighted by Crippen LogP contribution is 2.23. The average Bonchev–Trinajstić information content (AvgIpc) is 2.50. The molecule has 0 fully saturated rings. The summed E-state index contributed by atoms with van der Waals surface area (Å²) in [6.45, 7) is 3.61. The molecular weight excluding hydrogens is 368 g/mol. The molecule has 1 aromatic carbocycles. The second-order valence-electron chi connectivity index (χ2n) is 4.57. The van der Waals surface area contributed by atoms with Crippen LogP contribution in [0.4, 0.5) is 0 Å². The van der Waals surface area contributed by atoms with Gasteiger partial charge in [-0.15, -0.1) is 6.42 Å². The molecule has 1 aromatic rings. The van der Waals surface area contributed by atoms with Crippen molar-refractivity contribution in [1.82, 2.24) is 10.0 Å². The van der Waals surface area contributed by atoms with Gasteiger partial charge >= 0.3 is 0 Å². The number of hydrogen-bond donors (Lipinski definition) is 2. The van der Waals surface area contributed by atoms with Crippen molar-refractivity contribution in [2.45, 2.75) is 19.9 Å². The lowest BCUT2D eigenvalue weighted by Gasteiger charge is -2.11. The Hall–Kier alpha value is -1.07. The number of sulfonamides is 1. The number of ether oxygens (including phenoxy) is 1. The molecule has 0 heterocycles. The molecule has 1 rings (SSSR count). The van der Waals surface area contributed by atoms with E-state index < -0.39 is 10.0 Å². The molecule has 0 atom stereocenters. The van der Waals surface area contributed by atoms with Crippen molar-refractivity contribution in [1.29, 1.82) is 0 Å². The van der Waals surface area contributed by atoms with Crippen molar-refractivity contribution in [3.8, 4) is 18.1 Å². The summed E-state index contributed by atoms with van der Waals surface area (Å²) in [6.07, 6.45) is 5.92. The second-order valence-corrected chi connectivity index (χ2v) is 7.58. The predicted molar refractivity (Wildman–Crippen MR) is 92.3 cm³/mol. The van der Waals surface area contributed by atoms with Crippen molar-refractivity contribution < 1.29 is 13.2 Å².